The summed E-state index contributed by atoms with van der Waals surface area (Å²) >= 11 is 0. The van der Waals surface area contributed by atoms with Gasteiger partial charge in [0.05, 0.1) is 24.7 Å². The molecule has 0 radical (unpaired) electrons. The number of ether oxygens (including phenoxy) is 3. The Bertz CT molecular complexity index is 1240. The van der Waals surface area contributed by atoms with Crippen LogP contribution < -0.4 is 14.2 Å². The van der Waals surface area contributed by atoms with Crippen molar-refractivity contribution in [3.63, 3.8) is 0 Å². The van der Waals surface area contributed by atoms with Crippen LogP contribution in [0.15, 0.2) is 72.8 Å². The van der Waals surface area contributed by atoms with Gasteiger partial charge in [0.1, 0.15) is 30.9 Å². The Balaban J connectivity index is 1.48. The van der Waals surface area contributed by atoms with E-state index in [9.17, 15) is 9.90 Å². The lowest BCUT2D eigenvalue weighted by Crippen LogP contribution is -2.25. The maximum absolute atomic E-state index is 11.6. The molecule has 1 atom stereocenters. The minimum atomic E-state index is -0.810. The number of ketones is 1. The lowest BCUT2D eigenvalue weighted by atomic mass is 10.1. The quantitative estimate of drug-likeness (QED) is 0.367. The predicted molar refractivity (Wildman–Crippen MR) is 125 cm³/mol. The van der Waals surface area contributed by atoms with Gasteiger partial charge in [0.15, 0.2) is 17.3 Å². The molecule has 7 nitrogen and oxygen atoms in total. The summed E-state index contributed by atoms with van der Waals surface area (Å²) in [6, 6.07) is 22.3. The smallest absolute Gasteiger partial charge is 0.161 e. The number of carbonyl (C=O) groups excluding carboxylic acids is 1. The van der Waals surface area contributed by atoms with Crippen LogP contribution in [0.2, 0.25) is 0 Å². The average molecular weight is 447 g/mol. The Morgan fingerprint density at radius 3 is 2.52 bits per heavy atom. The second-order valence-corrected chi connectivity index (χ2v) is 7.62. The Morgan fingerprint density at radius 2 is 1.76 bits per heavy atom. The van der Waals surface area contributed by atoms with Crippen molar-refractivity contribution in [3.8, 4) is 17.2 Å². The summed E-state index contributed by atoms with van der Waals surface area (Å²) in [7, 11) is 1.51. The van der Waals surface area contributed by atoms with E-state index in [2.05, 4.69) is 4.98 Å². The molecule has 0 aliphatic heterocycles. The number of para-hydroxylation sites is 3. The van der Waals surface area contributed by atoms with E-state index in [1.54, 1.807) is 18.2 Å². The number of carbonyl (C=O) groups is 1. The maximum Gasteiger partial charge on any atom is 0.161 e. The number of methoxy groups -OCH3 is 1. The molecule has 4 aromatic rings. The van der Waals surface area contributed by atoms with E-state index < -0.39 is 6.10 Å². The largest absolute Gasteiger partial charge is 0.493 e. The van der Waals surface area contributed by atoms with E-state index in [-0.39, 0.29) is 25.5 Å². The Labute approximate surface area is 192 Å². The Kier molecular flexibility index (Phi) is 6.90. The summed E-state index contributed by atoms with van der Waals surface area (Å²) in [5.74, 6) is 2.31. The number of nitrogens with zero attached hydrogens (tertiary/aromatic N) is 2. The zero-order valence-electron chi connectivity index (χ0n) is 18.6. The number of fused-ring (bicyclic) bond motifs is 1. The summed E-state index contributed by atoms with van der Waals surface area (Å²) in [6.45, 7) is 2.09. The fourth-order valence-corrected chi connectivity index (χ4v) is 3.56. The van der Waals surface area contributed by atoms with Gasteiger partial charge < -0.3 is 23.9 Å². The second kappa shape index (κ2) is 10.2. The number of aromatic nitrogens is 2. The first-order valence-electron chi connectivity index (χ1n) is 10.7. The topological polar surface area (TPSA) is 82.8 Å². The van der Waals surface area contributed by atoms with Gasteiger partial charge in [0.2, 0.25) is 0 Å². The van der Waals surface area contributed by atoms with Gasteiger partial charge in [-0.15, -0.1) is 0 Å². The van der Waals surface area contributed by atoms with Crippen molar-refractivity contribution < 1.29 is 24.1 Å². The molecule has 170 valence electrons. The summed E-state index contributed by atoms with van der Waals surface area (Å²) in [5.41, 5.74) is 2.28. The van der Waals surface area contributed by atoms with Crippen molar-refractivity contribution in [2.45, 2.75) is 26.2 Å². The number of hydrogen-bond donors (Lipinski definition) is 1. The molecule has 0 fully saturated rings. The van der Waals surface area contributed by atoms with Crippen molar-refractivity contribution in [2.75, 3.05) is 13.7 Å². The molecular formula is C26H26N2O5. The first-order chi connectivity index (χ1) is 16.0. The number of rotatable bonds is 10. The van der Waals surface area contributed by atoms with Crippen LogP contribution in [0.25, 0.3) is 11.0 Å². The third-order valence-electron chi connectivity index (χ3n) is 5.24. The lowest BCUT2D eigenvalue weighted by molar-refractivity contribution is 0.0901. The summed E-state index contributed by atoms with van der Waals surface area (Å²) in [5, 5.41) is 10.7. The van der Waals surface area contributed by atoms with Crippen LogP contribution >= 0.6 is 0 Å². The number of Topliss-reactive ketones (excluding diaryl/α,β-unsaturated/α-hetero) is 1. The third-order valence-corrected chi connectivity index (χ3v) is 5.24. The van der Waals surface area contributed by atoms with Gasteiger partial charge in [-0.3, -0.25) is 4.79 Å². The van der Waals surface area contributed by atoms with Crippen LogP contribution in [0.4, 0.5) is 0 Å². The summed E-state index contributed by atoms with van der Waals surface area (Å²) < 4.78 is 19.0. The van der Waals surface area contributed by atoms with Crippen LogP contribution in [0.5, 0.6) is 17.2 Å². The first kappa shape index (κ1) is 22.4. The van der Waals surface area contributed by atoms with Gasteiger partial charge in [-0.1, -0.05) is 30.3 Å². The van der Waals surface area contributed by atoms with Crippen molar-refractivity contribution in [1.82, 2.24) is 9.55 Å². The number of aliphatic hydroxyl groups excluding tert-OH is 1. The molecular weight excluding hydrogens is 420 g/mol. The van der Waals surface area contributed by atoms with Gasteiger partial charge in [-0.05, 0) is 49.4 Å². The second-order valence-electron chi connectivity index (χ2n) is 7.62. The molecule has 0 unspecified atom stereocenters. The Morgan fingerprint density at radius 1 is 1.00 bits per heavy atom. The molecule has 1 aromatic heterocycles. The van der Waals surface area contributed by atoms with Gasteiger partial charge in [-0.2, -0.15) is 0 Å². The number of benzene rings is 3. The van der Waals surface area contributed by atoms with Gasteiger partial charge in [-0.25, -0.2) is 4.98 Å². The van der Waals surface area contributed by atoms with Crippen LogP contribution in [0.1, 0.15) is 23.1 Å². The average Bonchev–Trinajstić information content (AvgIpc) is 3.19. The number of aliphatic hydroxyl groups is 1. The molecule has 1 heterocycles. The number of imidazole rings is 1. The SMILES string of the molecule is COc1cc(C(C)=O)ccc1OC[C@@H](O)Cn1c(COc2ccccc2)nc2ccccc21. The molecule has 0 saturated carbocycles. The minimum absolute atomic E-state index is 0.0429. The Hall–Kier alpha value is -3.84. The fourth-order valence-electron chi connectivity index (χ4n) is 3.56. The zero-order valence-corrected chi connectivity index (χ0v) is 18.6. The van der Waals surface area contributed by atoms with Crippen molar-refractivity contribution in [2.24, 2.45) is 0 Å². The van der Waals surface area contributed by atoms with E-state index in [0.29, 0.717) is 22.9 Å². The molecule has 0 aliphatic rings. The summed E-state index contributed by atoms with van der Waals surface area (Å²) in [4.78, 5) is 16.3. The van der Waals surface area contributed by atoms with Gasteiger partial charge >= 0.3 is 0 Å². The van der Waals surface area contributed by atoms with Crippen LogP contribution in [0.3, 0.4) is 0 Å². The number of hydrogen-bond acceptors (Lipinski definition) is 6. The molecule has 3 aromatic carbocycles. The molecule has 4 rings (SSSR count). The third kappa shape index (κ3) is 5.32. The maximum atomic E-state index is 11.6. The molecule has 0 saturated heterocycles. The van der Waals surface area contributed by atoms with E-state index in [0.717, 1.165) is 16.8 Å². The van der Waals surface area contributed by atoms with Crippen LogP contribution in [-0.4, -0.2) is 40.3 Å². The highest BCUT2D eigenvalue weighted by molar-refractivity contribution is 5.94. The lowest BCUT2D eigenvalue weighted by Gasteiger charge is -2.17. The van der Waals surface area contributed by atoms with Gasteiger partial charge in [0.25, 0.3) is 0 Å². The van der Waals surface area contributed by atoms with Crippen LogP contribution in [0, 0.1) is 0 Å². The fraction of sp³-hybridized carbons (Fsp3) is 0.231. The first-order valence-corrected chi connectivity index (χ1v) is 10.7. The van der Waals surface area contributed by atoms with E-state index in [4.69, 9.17) is 14.2 Å². The minimum Gasteiger partial charge on any atom is -0.493 e. The highest BCUT2D eigenvalue weighted by atomic mass is 16.5. The predicted octanol–water partition coefficient (Wildman–Crippen LogP) is 4.27. The van der Waals surface area contributed by atoms with Crippen molar-refractivity contribution >= 4 is 16.8 Å². The molecule has 7 heteroatoms. The highest BCUT2D eigenvalue weighted by Gasteiger charge is 2.16. The summed E-state index contributed by atoms with van der Waals surface area (Å²) in [6.07, 6.45) is -0.810. The molecule has 0 amide bonds. The van der Waals surface area contributed by atoms with E-state index >= 15 is 0 Å². The molecule has 0 spiro atoms. The van der Waals surface area contributed by atoms with Crippen molar-refractivity contribution in [1.29, 1.82) is 0 Å². The molecule has 0 aliphatic carbocycles. The van der Waals surface area contributed by atoms with E-state index in [1.807, 2.05) is 59.2 Å². The normalized spacial score (nSPS) is 11.8. The monoisotopic (exact) mass is 446 g/mol. The van der Waals surface area contributed by atoms with E-state index in [1.165, 1.54) is 14.0 Å². The van der Waals surface area contributed by atoms with Crippen molar-refractivity contribution in [3.05, 3.63) is 84.2 Å². The zero-order chi connectivity index (χ0) is 23.2. The molecule has 33 heavy (non-hydrogen) atoms. The highest BCUT2D eigenvalue weighted by Crippen LogP contribution is 2.28. The van der Waals surface area contributed by atoms with Gasteiger partial charge in [0, 0.05) is 5.56 Å². The standard InChI is InChI=1S/C26H26N2O5/c1-18(29)19-12-13-24(25(14-19)31-2)33-16-20(30)15-28-23-11-7-6-10-22(23)27-26(28)17-32-21-8-4-3-5-9-21/h3-14,20,30H,15-17H2,1-2H3/t20-/m0/s1. The molecule has 1 N–H and O–H groups in total. The van der Waals surface area contributed by atoms with Crippen LogP contribution in [-0.2, 0) is 13.2 Å². The molecule has 0 bridgehead atoms.